The minimum absolute atomic E-state index is 0.0457. The Hall–Kier alpha value is -4.20. The summed E-state index contributed by atoms with van der Waals surface area (Å²) in [5.41, 5.74) is 12.5. The van der Waals surface area contributed by atoms with Crippen molar-refractivity contribution >= 4 is 11.7 Å². The molecule has 3 aromatic rings. The van der Waals surface area contributed by atoms with Crippen molar-refractivity contribution in [1.82, 2.24) is 14.7 Å². The summed E-state index contributed by atoms with van der Waals surface area (Å²) in [5, 5.41) is 13.7. The number of nitriles is 1. The summed E-state index contributed by atoms with van der Waals surface area (Å²) >= 11 is 0. The van der Waals surface area contributed by atoms with Gasteiger partial charge in [-0.15, -0.1) is 0 Å². The number of carbonyl (C=O) groups is 1. The maximum Gasteiger partial charge on any atom is 0.254 e. The van der Waals surface area contributed by atoms with Gasteiger partial charge in [0.2, 0.25) is 0 Å². The van der Waals surface area contributed by atoms with E-state index in [1.165, 1.54) is 16.8 Å². The van der Waals surface area contributed by atoms with Gasteiger partial charge in [0.1, 0.15) is 22.8 Å². The van der Waals surface area contributed by atoms with Crippen LogP contribution in [0.1, 0.15) is 29.2 Å². The van der Waals surface area contributed by atoms with Gasteiger partial charge in [0, 0.05) is 24.2 Å². The SMILES string of the molecule is N#CN1CCCC(n2nc(-c3ccc(Oc4cc(F)c(F)cc4F)cc3)c(C(N)=O)c2N)C1. The van der Waals surface area contributed by atoms with Gasteiger partial charge in [0.15, 0.2) is 29.4 Å². The molecule has 0 aliphatic carbocycles. The van der Waals surface area contributed by atoms with E-state index < -0.39 is 29.1 Å². The van der Waals surface area contributed by atoms with Crippen molar-refractivity contribution in [1.29, 1.82) is 5.26 Å². The average Bonchev–Trinajstić information content (AvgIpc) is 3.15. The van der Waals surface area contributed by atoms with Crippen LogP contribution in [-0.4, -0.2) is 33.7 Å². The molecule has 170 valence electrons. The van der Waals surface area contributed by atoms with Crippen molar-refractivity contribution in [3.8, 4) is 28.9 Å². The van der Waals surface area contributed by atoms with Crippen molar-refractivity contribution in [2.45, 2.75) is 18.9 Å². The topological polar surface area (TPSA) is 123 Å². The molecular formula is C22H19F3N6O2. The summed E-state index contributed by atoms with van der Waals surface area (Å²) in [6.07, 6.45) is 3.61. The predicted octanol–water partition coefficient (Wildman–Crippen LogP) is 3.56. The zero-order valence-electron chi connectivity index (χ0n) is 17.3. The molecule has 33 heavy (non-hydrogen) atoms. The first-order chi connectivity index (χ1) is 15.8. The molecule has 11 heteroatoms. The van der Waals surface area contributed by atoms with Crippen molar-refractivity contribution in [3.63, 3.8) is 0 Å². The second-order valence-electron chi connectivity index (χ2n) is 7.58. The third kappa shape index (κ3) is 4.27. The normalized spacial score (nSPS) is 15.8. The Labute approximate surface area is 186 Å². The molecule has 1 fully saturated rings. The van der Waals surface area contributed by atoms with E-state index >= 15 is 0 Å². The molecule has 1 aromatic heterocycles. The summed E-state index contributed by atoms with van der Waals surface area (Å²) in [7, 11) is 0. The lowest BCUT2D eigenvalue weighted by atomic mass is 10.1. The number of likely N-dealkylation sites (tertiary alicyclic amines) is 1. The first-order valence-corrected chi connectivity index (χ1v) is 10.0. The van der Waals surface area contributed by atoms with Gasteiger partial charge in [0.25, 0.3) is 5.91 Å². The van der Waals surface area contributed by atoms with E-state index in [4.69, 9.17) is 16.2 Å². The molecule has 1 unspecified atom stereocenters. The minimum atomic E-state index is -1.32. The number of hydrogen-bond donors (Lipinski definition) is 2. The number of primary amides is 1. The van der Waals surface area contributed by atoms with Crippen LogP contribution in [-0.2, 0) is 0 Å². The lowest BCUT2D eigenvalue weighted by Gasteiger charge is -2.29. The molecular weight excluding hydrogens is 437 g/mol. The van der Waals surface area contributed by atoms with Crippen LogP contribution in [0.3, 0.4) is 0 Å². The van der Waals surface area contributed by atoms with Gasteiger partial charge < -0.3 is 21.1 Å². The molecule has 0 bridgehead atoms. The number of carbonyl (C=O) groups excluding carboxylic acids is 1. The number of amides is 1. The fraction of sp³-hybridized carbons (Fsp3) is 0.227. The number of benzene rings is 2. The van der Waals surface area contributed by atoms with Crippen molar-refractivity contribution in [2.24, 2.45) is 5.73 Å². The van der Waals surface area contributed by atoms with Crippen LogP contribution in [0.5, 0.6) is 11.5 Å². The maximum absolute atomic E-state index is 13.8. The fourth-order valence-electron chi connectivity index (χ4n) is 3.81. The molecule has 2 aromatic carbocycles. The van der Waals surface area contributed by atoms with Crippen LogP contribution in [0, 0.1) is 28.9 Å². The number of halogens is 3. The number of nitrogens with two attached hydrogens (primary N) is 2. The van der Waals surface area contributed by atoms with E-state index in [9.17, 15) is 23.2 Å². The first-order valence-electron chi connectivity index (χ1n) is 10.0. The molecule has 0 saturated carbocycles. The van der Waals surface area contributed by atoms with Gasteiger partial charge in [-0.05, 0) is 37.1 Å². The molecule has 0 radical (unpaired) electrons. The highest BCUT2D eigenvalue weighted by Gasteiger charge is 2.28. The molecule has 2 heterocycles. The molecule has 1 aliphatic heterocycles. The van der Waals surface area contributed by atoms with Crippen LogP contribution < -0.4 is 16.2 Å². The van der Waals surface area contributed by atoms with E-state index in [2.05, 4.69) is 11.3 Å². The Morgan fingerprint density at radius 2 is 1.85 bits per heavy atom. The number of nitrogens with zero attached hydrogens (tertiary/aromatic N) is 4. The summed E-state index contributed by atoms with van der Waals surface area (Å²) < 4.78 is 47.2. The van der Waals surface area contributed by atoms with Gasteiger partial charge in [-0.3, -0.25) is 4.79 Å². The van der Waals surface area contributed by atoms with Crippen LogP contribution in [0.25, 0.3) is 11.3 Å². The number of hydrogen-bond acceptors (Lipinski definition) is 6. The van der Waals surface area contributed by atoms with E-state index in [1.54, 1.807) is 17.0 Å². The van der Waals surface area contributed by atoms with Crippen LogP contribution >= 0.6 is 0 Å². The van der Waals surface area contributed by atoms with E-state index in [0.29, 0.717) is 30.8 Å². The monoisotopic (exact) mass is 456 g/mol. The Bertz CT molecular complexity index is 1250. The highest BCUT2D eigenvalue weighted by atomic mass is 19.2. The maximum atomic E-state index is 13.8. The number of nitrogen functional groups attached to an aromatic ring is 1. The molecule has 1 amide bonds. The largest absolute Gasteiger partial charge is 0.454 e. The summed E-state index contributed by atoms with van der Waals surface area (Å²) in [5.74, 6) is -4.61. The van der Waals surface area contributed by atoms with E-state index in [1.807, 2.05) is 0 Å². The van der Waals surface area contributed by atoms with Crippen LogP contribution in [0.15, 0.2) is 36.4 Å². The van der Waals surface area contributed by atoms with Crippen LogP contribution in [0.2, 0.25) is 0 Å². The predicted molar refractivity (Wildman–Crippen MR) is 112 cm³/mol. The van der Waals surface area contributed by atoms with Gasteiger partial charge >= 0.3 is 0 Å². The zero-order valence-corrected chi connectivity index (χ0v) is 17.3. The standard InChI is InChI=1S/C22H19F3N6O2/c23-15-8-17(25)18(9-16(15)24)33-14-5-3-12(4-6-14)20-19(22(28)32)21(27)31(29-20)13-2-1-7-30(10-13)11-26/h3-6,8-9,13H,1-2,7,10,27H2,(H2,28,32). The number of anilines is 1. The Balaban J connectivity index is 1.64. The quantitative estimate of drug-likeness (QED) is 0.447. The molecule has 8 nitrogen and oxygen atoms in total. The lowest BCUT2D eigenvalue weighted by molar-refractivity contribution is 0.100. The second kappa shape index (κ2) is 8.74. The zero-order chi connectivity index (χ0) is 23.7. The lowest BCUT2D eigenvalue weighted by Crippen LogP contribution is -2.34. The molecule has 1 aliphatic rings. The Kier molecular flexibility index (Phi) is 5.83. The number of ether oxygens (including phenoxy) is 1. The molecule has 1 atom stereocenters. The van der Waals surface area contributed by atoms with Crippen molar-refractivity contribution in [3.05, 3.63) is 59.4 Å². The summed E-state index contributed by atoms with van der Waals surface area (Å²) in [6, 6.07) is 6.81. The van der Waals surface area contributed by atoms with Gasteiger partial charge in [-0.25, -0.2) is 17.9 Å². The molecule has 1 saturated heterocycles. The first kappa shape index (κ1) is 22.0. The summed E-state index contributed by atoms with van der Waals surface area (Å²) in [4.78, 5) is 13.7. The van der Waals surface area contributed by atoms with Crippen LogP contribution in [0.4, 0.5) is 19.0 Å². The fourth-order valence-corrected chi connectivity index (χ4v) is 3.81. The number of aromatic nitrogens is 2. The molecule has 4 rings (SSSR count). The highest BCUT2D eigenvalue weighted by molar-refractivity contribution is 6.03. The van der Waals surface area contributed by atoms with Gasteiger partial charge in [-0.2, -0.15) is 10.4 Å². The number of rotatable bonds is 5. The van der Waals surface area contributed by atoms with Crippen molar-refractivity contribution in [2.75, 3.05) is 18.8 Å². The van der Waals surface area contributed by atoms with Gasteiger partial charge in [-0.1, -0.05) is 0 Å². The molecule has 4 N–H and O–H groups in total. The smallest absolute Gasteiger partial charge is 0.254 e. The molecule has 0 spiro atoms. The number of piperidine rings is 1. The van der Waals surface area contributed by atoms with Gasteiger partial charge in [0.05, 0.1) is 12.6 Å². The Morgan fingerprint density at radius 1 is 1.15 bits per heavy atom. The minimum Gasteiger partial charge on any atom is -0.454 e. The third-order valence-corrected chi connectivity index (χ3v) is 5.41. The Morgan fingerprint density at radius 3 is 2.52 bits per heavy atom. The average molecular weight is 456 g/mol. The second-order valence-corrected chi connectivity index (χ2v) is 7.58. The summed E-state index contributed by atoms with van der Waals surface area (Å²) in [6.45, 7) is 1.05. The van der Waals surface area contributed by atoms with E-state index in [0.717, 1.165) is 12.8 Å². The third-order valence-electron chi connectivity index (χ3n) is 5.41. The highest BCUT2D eigenvalue weighted by Crippen LogP contribution is 2.33. The van der Waals surface area contributed by atoms with E-state index in [-0.39, 0.29) is 28.9 Å². The van der Waals surface area contributed by atoms with Crippen molar-refractivity contribution < 1.29 is 22.7 Å².